The molecule has 0 aromatic carbocycles. The van der Waals surface area contributed by atoms with Gasteiger partial charge in [0.25, 0.3) is 0 Å². The molecule has 1 aliphatic rings. The van der Waals surface area contributed by atoms with Crippen LogP contribution in [0.2, 0.25) is 0 Å². The molecule has 6 nitrogen and oxygen atoms in total. The van der Waals surface area contributed by atoms with Crippen LogP contribution in [-0.4, -0.2) is 69.0 Å². The third-order valence-corrected chi connectivity index (χ3v) is 2.78. The minimum absolute atomic E-state index is 0. The van der Waals surface area contributed by atoms with Crippen molar-refractivity contribution in [1.29, 1.82) is 0 Å². The van der Waals surface area contributed by atoms with Crippen LogP contribution in [0.15, 0.2) is 23.3 Å². The number of methoxy groups -OCH3 is 2. The van der Waals surface area contributed by atoms with Crippen LogP contribution in [0.25, 0.3) is 0 Å². The molecule has 0 radical (unpaired) electrons. The summed E-state index contributed by atoms with van der Waals surface area (Å²) in [6, 6.07) is 0. The molecule has 0 spiro atoms. The number of esters is 2. The van der Waals surface area contributed by atoms with E-state index in [-0.39, 0.29) is 52.0 Å². The van der Waals surface area contributed by atoms with E-state index in [2.05, 4.69) is 9.47 Å². The Bertz CT molecular complexity index is 547. The summed E-state index contributed by atoms with van der Waals surface area (Å²) in [5.41, 5.74) is 0.0907. The van der Waals surface area contributed by atoms with Crippen LogP contribution >= 0.6 is 0 Å². The van der Waals surface area contributed by atoms with Crippen molar-refractivity contribution < 1.29 is 27.5 Å². The Morgan fingerprint density at radius 3 is 2.11 bits per heavy atom. The minimum atomic E-state index is -2.50. The van der Waals surface area contributed by atoms with Crippen molar-refractivity contribution in [2.75, 3.05) is 14.2 Å². The third kappa shape index (κ3) is 4.09. The molecule has 18 heavy (non-hydrogen) atoms. The fraction of sp³-hybridized carbons (Fsp3) is 0.300. The van der Waals surface area contributed by atoms with E-state index in [4.69, 9.17) is 0 Å². The predicted octanol–water partition coefficient (Wildman–Crippen LogP) is -1.01. The van der Waals surface area contributed by atoms with E-state index in [1.165, 1.54) is 19.3 Å². The van der Waals surface area contributed by atoms with Gasteiger partial charge in [-0.3, -0.25) is 0 Å². The molecule has 0 aliphatic heterocycles. The molecule has 0 aromatic heterocycles. The maximum atomic E-state index is 11.3. The molecular weight excluding hydrogens is 271 g/mol. The topological polar surface area (TPSA) is 86.7 Å². The van der Waals surface area contributed by atoms with Gasteiger partial charge in [0.1, 0.15) is 0 Å². The first-order valence-corrected chi connectivity index (χ1v) is 5.61. The summed E-state index contributed by atoms with van der Waals surface area (Å²) >= 11 is 0. The van der Waals surface area contributed by atoms with Gasteiger partial charge >= 0.3 is 41.5 Å². The fourth-order valence-corrected chi connectivity index (χ4v) is 1.79. The first-order chi connectivity index (χ1) is 7.99. The number of allylic oxidation sites excluding steroid dienone is 1. The second-order valence-electron chi connectivity index (χ2n) is 3.13. The standard InChI is InChI=1S/C10H10O6S.Na.H/c1-15-9(11)6-3-7(10(12)16-2)5-8(4-6)17(13)14;;/h3-4H,5H2,1-2H3;;. The van der Waals surface area contributed by atoms with E-state index in [1.807, 2.05) is 0 Å². The van der Waals surface area contributed by atoms with Gasteiger partial charge in [0.2, 0.25) is 10.3 Å². The Kier molecular flexibility index (Phi) is 7.15. The van der Waals surface area contributed by atoms with Gasteiger partial charge in [-0.25, -0.2) is 9.59 Å². The normalized spacial score (nSPS) is 13.8. The molecule has 0 saturated heterocycles. The summed E-state index contributed by atoms with van der Waals surface area (Å²) in [4.78, 5) is 22.5. The number of carbonyl (C=O) groups excluding carboxylic acids is 2. The quantitative estimate of drug-likeness (QED) is 0.366. The van der Waals surface area contributed by atoms with Gasteiger partial charge in [0.05, 0.1) is 24.7 Å². The van der Waals surface area contributed by atoms with Gasteiger partial charge in [-0.15, -0.1) is 0 Å². The number of ether oxygens (including phenoxy) is 2. The van der Waals surface area contributed by atoms with Crippen LogP contribution in [0, 0.1) is 0 Å². The Hall–Kier alpha value is -0.890. The van der Waals surface area contributed by atoms with Crippen molar-refractivity contribution in [2.45, 2.75) is 6.42 Å². The first-order valence-electron chi connectivity index (χ1n) is 4.53. The zero-order valence-corrected chi connectivity index (χ0v) is 10.0. The van der Waals surface area contributed by atoms with Gasteiger partial charge in [-0.05, 0) is 12.2 Å². The molecule has 0 N–H and O–H groups in total. The van der Waals surface area contributed by atoms with Gasteiger partial charge in [0.15, 0.2) is 0 Å². The Balaban J connectivity index is 0.00000289. The van der Waals surface area contributed by atoms with Crippen LogP contribution in [0.3, 0.4) is 0 Å². The van der Waals surface area contributed by atoms with Crippen LogP contribution in [-0.2, 0) is 29.4 Å². The molecule has 1 aliphatic carbocycles. The van der Waals surface area contributed by atoms with Crippen molar-refractivity contribution >= 4 is 56.7 Å². The molecule has 0 unspecified atom stereocenters. The summed E-state index contributed by atoms with van der Waals surface area (Å²) in [5.74, 6) is -1.39. The zero-order chi connectivity index (χ0) is 13.0. The summed E-state index contributed by atoms with van der Waals surface area (Å²) in [6.07, 6.45) is 2.33. The fourth-order valence-electron chi connectivity index (χ4n) is 1.30. The summed E-state index contributed by atoms with van der Waals surface area (Å²) in [5, 5.41) is 0. The number of hydrogen-bond acceptors (Lipinski definition) is 6. The molecule has 0 saturated carbocycles. The van der Waals surface area contributed by atoms with Crippen molar-refractivity contribution in [3.8, 4) is 0 Å². The van der Waals surface area contributed by atoms with Crippen molar-refractivity contribution in [1.82, 2.24) is 0 Å². The molecule has 0 aromatic rings. The monoisotopic (exact) mass is 282 g/mol. The molecule has 0 bridgehead atoms. The second-order valence-corrected chi connectivity index (χ2v) is 4.12. The second kappa shape index (κ2) is 7.52. The summed E-state index contributed by atoms with van der Waals surface area (Å²) in [6.45, 7) is 0. The average molecular weight is 282 g/mol. The molecule has 0 amide bonds. The molecular formula is C10H11NaO6S. The van der Waals surface area contributed by atoms with E-state index < -0.39 is 22.2 Å². The SMILES string of the molecule is COC(=O)C1=CC(=S(=O)=O)CC(C(=O)OC)=C1.[NaH]. The molecule has 0 atom stereocenters. The van der Waals surface area contributed by atoms with Gasteiger partial charge < -0.3 is 9.47 Å². The first kappa shape index (κ1) is 17.1. The molecule has 0 heterocycles. The Morgan fingerprint density at radius 2 is 1.67 bits per heavy atom. The average Bonchev–Trinajstić information content (AvgIpc) is 2.36. The van der Waals surface area contributed by atoms with E-state index in [9.17, 15) is 18.0 Å². The third-order valence-electron chi connectivity index (χ3n) is 2.09. The summed E-state index contributed by atoms with van der Waals surface area (Å²) < 4.78 is 30.6. The van der Waals surface area contributed by atoms with Crippen molar-refractivity contribution in [2.24, 2.45) is 0 Å². The Morgan fingerprint density at radius 1 is 1.11 bits per heavy atom. The van der Waals surface area contributed by atoms with E-state index >= 15 is 0 Å². The van der Waals surface area contributed by atoms with Crippen LogP contribution in [0.1, 0.15) is 6.42 Å². The molecule has 8 heteroatoms. The van der Waals surface area contributed by atoms with E-state index in [1.54, 1.807) is 0 Å². The number of rotatable bonds is 2. The number of hydrogen-bond donors (Lipinski definition) is 0. The predicted molar refractivity (Wildman–Crippen MR) is 65.9 cm³/mol. The molecule has 1 rings (SSSR count). The van der Waals surface area contributed by atoms with E-state index in [0.717, 1.165) is 7.11 Å². The summed E-state index contributed by atoms with van der Waals surface area (Å²) in [7, 11) is -0.159. The van der Waals surface area contributed by atoms with Crippen LogP contribution in [0.5, 0.6) is 0 Å². The Labute approximate surface area is 127 Å². The van der Waals surface area contributed by atoms with Crippen molar-refractivity contribution in [3.05, 3.63) is 23.3 Å². The van der Waals surface area contributed by atoms with Crippen LogP contribution in [0.4, 0.5) is 0 Å². The number of carbonyl (C=O) groups is 2. The molecule has 94 valence electrons. The van der Waals surface area contributed by atoms with Gasteiger partial charge in [-0.1, -0.05) is 0 Å². The van der Waals surface area contributed by atoms with Crippen molar-refractivity contribution in [3.63, 3.8) is 0 Å². The maximum absolute atomic E-state index is 11.3. The molecule has 0 fully saturated rings. The van der Waals surface area contributed by atoms with Gasteiger partial charge in [0, 0.05) is 12.0 Å². The zero-order valence-electron chi connectivity index (χ0n) is 9.22. The van der Waals surface area contributed by atoms with Gasteiger partial charge in [-0.2, -0.15) is 8.42 Å². The van der Waals surface area contributed by atoms with Crippen LogP contribution < -0.4 is 0 Å². The van der Waals surface area contributed by atoms with E-state index in [0.29, 0.717) is 0 Å².